The first kappa shape index (κ1) is 9.70. The molecule has 3 aliphatic rings. The molecule has 0 unspecified atom stereocenters. The van der Waals surface area contributed by atoms with Crippen molar-refractivity contribution in [1.82, 2.24) is 0 Å². The van der Waals surface area contributed by atoms with Crippen molar-refractivity contribution in [3.8, 4) is 0 Å². The number of fused-ring (bicyclic) bond motifs is 2. The van der Waals surface area contributed by atoms with Crippen LogP contribution in [0.3, 0.4) is 0 Å². The molecule has 0 heterocycles. The zero-order valence-electron chi connectivity index (χ0n) is 10.2. The summed E-state index contributed by atoms with van der Waals surface area (Å²) in [6.07, 6.45) is 12.7. The highest BCUT2D eigenvalue weighted by Crippen LogP contribution is 2.54. The van der Waals surface area contributed by atoms with Gasteiger partial charge in [-0.3, -0.25) is 0 Å². The quantitative estimate of drug-likeness (QED) is 0.616. The number of allylic oxidation sites excluding steroid dienone is 4. The average molecular weight is 222 g/mol. The number of hydrogen-bond acceptors (Lipinski definition) is 0. The first-order valence-corrected chi connectivity index (χ1v) is 6.83. The largest absolute Gasteiger partial charge is 0.0839 e. The lowest BCUT2D eigenvalue weighted by Gasteiger charge is -2.27. The van der Waals surface area contributed by atoms with E-state index in [0.717, 1.165) is 0 Å². The molecule has 0 atom stereocenters. The molecule has 0 aromatic heterocycles. The van der Waals surface area contributed by atoms with E-state index in [1.54, 1.807) is 22.3 Å². The van der Waals surface area contributed by atoms with Crippen LogP contribution in [0, 0.1) is 5.41 Å². The van der Waals surface area contributed by atoms with Crippen molar-refractivity contribution >= 4 is 0 Å². The van der Waals surface area contributed by atoms with Gasteiger partial charge in [-0.05, 0) is 55.2 Å². The van der Waals surface area contributed by atoms with E-state index in [9.17, 15) is 0 Å². The molecule has 1 aromatic rings. The summed E-state index contributed by atoms with van der Waals surface area (Å²) in [5.74, 6) is 0. The first-order chi connectivity index (χ1) is 8.37. The second-order valence-corrected chi connectivity index (χ2v) is 5.86. The molecule has 1 spiro atoms. The Morgan fingerprint density at radius 3 is 2.47 bits per heavy atom. The lowest BCUT2D eigenvalue weighted by atomic mass is 9.77. The Kier molecular flexibility index (Phi) is 1.91. The van der Waals surface area contributed by atoms with Crippen molar-refractivity contribution in [2.24, 2.45) is 5.41 Å². The van der Waals surface area contributed by atoms with E-state index in [4.69, 9.17) is 0 Å². The molecule has 0 nitrogen and oxygen atoms in total. The summed E-state index contributed by atoms with van der Waals surface area (Å²) in [6.45, 7) is 0. The Labute approximate surface area is 103 Å². The van der Waals surface area contributed by atoms with Crippen LogP contribution in [-0.2, 0) is 12.8 Å². The Balaban J connectivity index is 1.78. The molecule has 0 heteroatoms. The second kappa shape index (κ2) is 3.35. The van der Waals surface area contributed by atoms with E-state index >= 15 is 0 Å². The molecule has 0 aliphatic heterocycles. The van der Waals surface area contributed by atoms with Crippen molar-refractivity contribution in [3.63, 3.8) is 0 Å². The average Bonchev–Trinajstić information content (AvgIpc) is 2.92. The molecule has 0 N–H and O–H groups in total. The molecule has 1 aromatic carbocycles. The van der Waals surface area contributed by atoms with Gasteiger partial charge in [0.15, 0.2) is 0 Å². The van der Waals surface area contributed by atoms with Crippen molar-refractivity contribution < 1.29 is 0 Å². The smallest absolute Gasteiger partial charge is 0.00363 e. The molecule has 0 saturated heterocycles. The topological polar surface area (TPSA) is 0 Å². The molecule has 86 valence electrons. The van der Waals surface area contributed by atoms with Crippen LogP contribution < -0.4 is 0 Å². The van der Waals surface area contributed by atoms with Crippen LogP contribution in [0.15, 0.2) is 47.6 Å². The lowest BCUT2D eigenvalue weighted by Crippen LogP contribution is -2.20. The van der Waals surface area contributed by atoms with Gasteiger partial charge in [0.2, 0.25) is 0 Å². The second-order valence-electron chi connectivity index (χ2n) is 5.86. The Morgan fingerprint density at radius 2 is 1.71 bits per heavy atom. The summed E-state index contributed by atoms with van der Waals surface area (Å²) >= 11 is 0. The van der Waals surface area contributed by atoms with Crippen LogP contribution in [0.2, 0.25) is 0 Å². The third-order valence-corrected chi connectivity index (χ3v) is 4.93. The normalized spacial score (nSPS) is 24.2. The van der Waals surface area contributed by atoms with Crippen LogP contribution >= 0.6 is 0 Å². The predicted molar refractivity (Wildman–Crippen MR) is 70.9 cm³/mol. The van der Waals surface area contributed by atoms with E-state index in [2.05, 4.69) is 36.4 Å². The Morgan fingerprint density at radius 1 is 0.941 bits per heavy atom. The van der Waals surface area contributed by atoms with Crippen LogP contribution in [0.25, 0.3) is 0 Å². The van der Waals surface area contributed by atoms with Crippen LogP contribution in [0.4, 0.5) is 0 Å². The molecule has 0 radical (unpaired) electrons. The highest BCUT2D eigenvalue weighted by Gasteiger charge is 2.43. The minimum absolute atomic E-state index is 0.482. The minimum atomic E-state index is 0.482. The summed E-state index contributed by atoms with van der Waals surface area (Å²) in [5.41, 5.74) is 7.15. The van der Waals surface area contributed by atoms with E-state index in [1.807, 2.05) is 0 Å². The van der Waals surface area contributed by atoms with Crippen molar-refractivity contribution in [2.45, 2.75) is 38.5 Å². The first-order valence-electron chi connectivity index (χ1n) is 6.83. The lowest BCUT2D eigenvalue weighted by molar-refractivity contribution is 0.382. The van der Waals surface area contributed by atoms with Gasteiger partial charge >= 0.3 is 0 Å². The van der Waals surface area contributed by atoms with E-state index in [0.29, 0.717) is 5.41 Å². The molecule has 4 rings (SSSR count). The van der Waals surface area contributed by atoms with Gasteiger partial charge in [-0.1, -0.05) is 42.0 Å². The van der Waals surface area contributed by atoms with Gasteiger partial charge in [-0.25, -0.2) is 0 Å². The maximum absolute atomic E-state index is 2.44. The summed E-state index contributed by atoms with van der Waals surface area (Å²) < 4.78 is 0. The zero-order chi connectivity index (χ0) is 11.3. The van der Waals surface area contributed by atoms with E-state index in [1.165, 1.54) is 38.5 Å². The van der Waals surface area contributed by atoms with Gasteiger partial charge < -0.3 is 0 Å². The minimum Gasteiger partial charge on any atom is -0.0839 e. The van der Waals surface area contributed by atoms with Gasteiger partial charge in [0.1, 0.15) is 0 Å². The summed E-state index contributed by atoms with van der Waals surface area (Å²) in [6, 6.07) is 9.04. The maximum Gasteiger partial charge on any atom is 0.00363 e. The summed E-state index contributed by atoms with van der Waals surface area (Å²) in [5, 5.41) is 0. The van der Waals surface area contributed by atoms with Crippen LogP contribution in [-0.4, -0.2) is 0 Å². The van der Waals surface area contributed by atoms with Crippen molar-refractivity contribution in [3.05, 3.63) is 58.7 Å². The van der Waals surface area contributed by atoms with Crippen LogP contribution in [0.1, 0.15) is 36.8 Å². The van der Waals surface area contributed by atoms with E-state index < -0.39 is 0 Å². The van der Waals surface area contributed by atoms with Crippen molar-refractivity contribution in [1.29, 1.82) is 0 Å². The molecule has 3 aliphatic carbocycles. The Hall–Kier alpha value is -1.30. The molecule has 0 amide bonds. The monoisotopic (exact) mass is 222 g/mol. The van der Waals surface area contributed by atoms with Gasteiger partial charge in [0.25, 0.3) is 0 Å². The fourth-order valence-electron chi connectivity index (χ4n) is 4.11. The summed E-state index contributed by atoms with van der Waals surface area (Å²) in [4.78, 5) is 0. The predicted octanol–water partition coefficient (Wildman–Crippen LogP) is 4.21. The zero-order valence-corrected chi connectivity index (χ0v) is 10.2. The van der Waals surface area contributed by atoms with Gasteiger partial charge in [0, 0.05) is 5.41 Å². The molecular formula is C17H18. The third-order valence-electron chi connectivity index (χ3n) is 4.93. The standard InChI is InChI=1S/C17H18/c1-2-7-15-12-17(11-14(15)6-1)10-9-13-5-3-4-8-16(13)17/h1-2,4,6-8H,3,5,9-12H2. The maximum atomic E-state index is 2.44. The molecular weight excluding hydrogens is 204 g/mol. The molecule has 0 saturated carbocycles. The molecule has 17 heavy (non-hydrogen) atoms. The number of benzene rings is 1. The number of hydrogen-bond donors (Lipinski definition) is 0. The number of rotatable bonds is 0. The van der Waals surface area contributed by atoms with Gasteiger partial charge in [0.05, 0.1) is 0 Å². The fraction of sp³-hybridized carbons (Fsp3) is 0.412. The SMILES string of the molecule is C1=CC2=C(CC1)CCC21Cc2ccccc2C1. The Bertz CT molecular complexity index is 506. The van der Waals surface area contributed by atoms with E-state index in [-0.39, 0.29) is 0 Å². The molecule has 0 fully saturated rings. The van der Waals surface area contributed by atoms with Gasteiger partial charge in [-0.15, -0.1) is 0 Å². The van der Waals surface area contributed by atoms with Crippen LogP contribution in [0.5, 0.6) is 0 Å². The summed E-state index contributed by atoms with van der Waals surface area (Å²) in [7, 11) is 0. The highest BCUT2D eigenvalue weighted by atomic mass is 14.5. The van der Waals surface area contributed by atoms with Crippen molar-refractivity contribution in [2.75, 3.05) is 0 Å². The molecule has 0 bridgehead atoms. The van der Waals surface area contributed by atoms with Gasteiger partial charge in [-0.2, -0.15) is 0 Å². The fourth-order valence-corrected chi connectivity index (χ4v) is 4.11. The highest BCUT2D eigenvalue weighted by molar-refractivity contribution is 5.47. The third kappa shape index (κ3) is 1.30.